The van der Waals surface area contributed by atoms with Crippen LogP contribution in [0.4, 0.5) is 0 Å². The number of rotatable bonds is 6. The molecule has 5 heterocycles. The number of hydrogen-bond donors (Lipinski definition) is 1. The van der Waals surface area contributed by atoms with Crippen LogP contribution < -0.4 is 9.47 Å². The number of hydrogen-bond acceptors (Lipinski definition) is 11. The number of thiazole rings is 1. The van der Waals surface area contributed by atoms with Crippen molar-refractivity contribution < 1.29 is 28.5 Å². The van der Waals surface area contributed by atoms with Crippen LogP contribution >= 0.6 is 22.7 Å². The van der Waals surface area contributed by atoms with Crippen LogP contribution in [0.1, 0.15) is 41.4 Å². The zero-order valence-corrected chi connectivity index (χ0v) is 22.6. The number of benzene rings is 1. The lowest BCUT2D eigenvalue weighted by Crippen LogP contribution is -2.42. The first-order valence-corrected chi connectivity index (χ1v) is 14.1. The average molecular weight is 555 g/mol. The van der Waals surface area contributed by atoms with Gasteiger partial charge in [-0.3, -0.25) is 0 Å². The van der Waals surface area contributed by atoms with Crippen LogP contribution in [0.3, 0.4) is 0 Å². The van der Waals surface area contributed by atoms with Crippen LogP contribution in [-0.4, -0.2) is 50.8 Å². The number of nitrogens with zero attached hydrogens (tertiary/aromatic N) is 4. The molecule has 0 amide bonds. The van der Waals surface area contributed by atoms with Crippen molar-refractivity contribution in [1.82, 2.24) is 19.6 Å². The summed E-state index contributed by atoms with van der Waals surface area (Å²) in [4.78, 5) is 10.2. The Hall–Kier alpha value is -3.03. The SMILES string of the molecule is COc1cc(OCc2csc(C3(O)CCC4(CC3)OCCO4)n2)c2cc(-c3cn4nc(C)sc4n3)oc2c1. The molecule has 0 radical (unpaired) electrons. The molecule has 2 fully saturated rings. The molecule has 1 spiro atoms. The Balaban J connectivity index is 1.11. The quantitative estimate of drug-likeness (QED) is 0.308. The predicted molar refractivity (Wildman–Crippen MR) is 141 cm³/mol. The van der Waals surface area contributed by atoms with Gasteiger partial charge in [-0.2, -0.15) is 5.10 Å². The van der Waals surface area contributed by atoms with Crippen molar-refractivity contribution in [1.29, 1.82) is 0 Å². The average Bonchev–Trinajstić information content (AvgIpc) is 3.72. The summed E-state index contributed by atoms with van der Waals surface area (Å²) in [5.74, 6) is 1.33. The molecule has 1 aliphatic heterocycles. The second-order valence-corrected chi connectivity index (χ2v) is 11.7. The molecule has 38 heavy (non-hydrogen) atoms. The number of aromatic nitrogens is 4. The third kappa shape index (κ3) is 4.16. The smallest absolute Gasteiger partial charge is 0.212 e. The maximum atomic E-state index is 11.3. The second-order valence-electron chi connectivity index (χ2n) is 9.69. The number of fused-ring (bicyclic) bond motifs is 2. The van der Waals surface area contributed by atoms with E-state index in [4.69, 9.17) is 28.3 Å². The summed E-state index contributed by atoms with van der Waals surface area (Å²) >= 11 is 2.98. The van der Waals surface area contributed by atoms with Gasteiger partial charge in [0.15, 0.2) is 11.5 Å². The molecule has 1 aliphatic carbocycles. The molecule has 4 aromatic heterocycles. The topological polar surface area (TPSA) is 113 Å². The van der Waals surface area contributed by atoms with E-state index in [9.17, 15) is 5.11 Å². The van der Waals surface area contributed by atoms with Gasteiger partial charge >= 0.3 is 0 Å². The molecule has 12 heteroatoms. The molecule has 0 unspecified atom stereocenters. The zero-order valence-electron chi connectivity index (χ0n) is 20.9. The summed E-state index contributed by atoms with van der Waals surface area (Å²) in [6.07, 6.45) is 4.27. The van der Waals surface area contributed by atoms with Gasteiger partial charge in [0.1, 0.15) is 45.0 Å². The number of ether oxygens (including phenoxy) is 4. The number of aryl methyl sites for hydroxylation is 1. The molecule has 198 valence electrons. The van der Waals surface area contributed by atoms with E-state index in [2.05, 4.69) is 10.1 Å². The molecule has 0 bridgehead atoms. The number of furan rings is 1. The Morgan fingerprint density at radius 3 is 2.68 bits per heavy atom. The van der Waals surface area contributed by atoms with Gasteiger partial charge in [-0.1, -0.05) is 11.3 Å². The largest absolute Gasteiger partial charge is 0.496 e. The van der Waals surface area contributed by atoms with E-state index in [1.54, 1.807) is 11.6 Å². The molecular formula is C26H26N4O6S2. The first kappa shape index (κ1) is 24.0. The summed E-state index contributed by atoms with van der Waals surface area (Å²) in [6.45, 7) is 3.43. The molecular weight excluding hydrogens is 528 g/mol. The number of imidazole rings is 1. The Morgan fingerprint density at radius 2 is 1.92 bits per heavy atom. The minimum Gasteiger partial charge on any atom is -0.496 e. The van der Waals surface area contributed by atoms with Gasteiger partial charge in [-0.05, 0) is 25.8 Å². The third-order valence-corrected chi connectivity index (χ3v) is 9.11. The van der Waals surface area contributed by atoms with Crippen LogP contribution in [0.5, 0.6) is 11.5 Å². The fourth-order valence-electron chi connectivity index (χ4n) is 5.15. The van der Waals surface area contributed by atoms with Gasteiger partial charge in [-0.25, -0.2) is 14.5 Å². The molecule has 1 saturated heterocycles. The van der Waals surface area contributed by atoms with E-state index in [0.29, 0.717) is 72.4 Å². The highest BCUT2D eigenvalue weighted by molar-refractivity contribution is 7.16. The van der Waals surface area contributed by atoms with Gasteiger partial charge in [0.05, 0.1) is 37.6 Å². The van der Waals surface area contributed by atoms with Crippen molar-refractivity contribution in [2.24, 2.45) is 0 Å². The highest BCUT2D eigenvalue weighted by Gasteiger charge is 2.47. The summed E-state index contributed by atoms with van der Waals surface area (Å²) < 4.78 is 31.2. The van der Waals surface area contributed by atoms with E-state index >= 15 is 0 Å². The molecule has 10 nitrogen and oxygen atoms in total. The Labute approximate surface area is 225 Å². The van der Waals surface area contributed by atoms with Crippen LogP contribution in [0.25, 0.3) is 27.4 Å². The number of methoxy groups -OCH3 is 1. The van der Waals surface area contributed by atoms with Crippen LogP contribution in [0, 0.1) is 6.92 Å². The predicted octanol–water partition coefficient (Wildman–Crippen LogP) is 5.06. The van der Waals surface area contributed by atoms with Gasteiger partial charge in [0.25, 0.3) is 0 Å². The Kier molecular flexibility index (Phi) is 5.71. The first-order valence-electron chi connectivity index (χ1n) is 12.4. The van der Waals surface area contributed by atoms with E-state index in [1.165, 1.54) is 22.7 Å². The van der Waals surface area contributed by atoms with E-state index in [-0.39, 0.29) is 6.61 Å². The van der Waals surface area contributed by atoms with Crippen LogP contribution in [0.2, 0.25) is 0 Å². The lowest BCUT2D eigenvalue weighted by Gasteiger charge is -2.39. The molecule has 2 aliphatic rings. The highest BCUT2D eigenvalue weighted by Crippen LogP contribution is 2.45. The minimum atomic E-state index is -0.974. The molecule has 1 N–H and O–H groups in total. The minimum absolute atomic E-state index is 0.245. The first-order chi connectivity index (χ1) is 18.4. The summed E-state index contributed by atoms with van der Waals surface area (Å²) in [5.41, 5.74) is 1.11. The summed E-state index contributed by atoms with van der Waals surface area (Å²) in [5, 5.41) is 20.1. The van der Waals surface area contributed by atoms with Crippen LogP contribution in [0.15, 0.2) is 34.2 Å². The van der Waals surface area contributed by atoms with Crippen LogP contribution in [-0.2, 0) is 21.7 Å². The fourth-order valence-corrected chi connectivity index (χ4v) is 6.83. The monoisotopic (exact) mass is 554 g/mol. The van der Waals surface area contributed by atoms with E-state index in [0.717, 1.165) is 21.0 Å². The lowest BCUT2D eigenvalue weighted by atomic mass is 9.82. The molecule has 7 rings (SSSR count). The molecule has 5 aromatic rings. The molecule has 1 aromatic carbocycles. The maximum Gasteiger partial charge on any atom is 0.212 e. The van der Waals surface area contributed by atoms with Gasteiger partial charge in [-0.15, -0.1) is 11.3 Å². The van der Waals surface area contributed by atoms with E-state index in [1.807, 2.05) is 36.7 Å². The summed E-state index contributed by atoms with van der Waals surface area (Å²) in [7, 11) is 1.61. The Bertz CT molecular complexity index is 1590. The third-order valence-electron chi connectivity index (χ3n) is 7.18. The zero-order chi connectivity index (χ0) is 25.9. The van der Waals surface area contributed by atoms with Crippen molar-refractivity contribution >= 4 is 38.6 Å². The van der Waals surface area contributed by atoms with Gasteiger partial charge < -0.3 is 28.5 Å². The lowest BCUT2D eigenvalue weighted by molar-refractivity contribution is -0.204. The highest BCUT2D eigenvalue weighted by atomic mass is 32.1. The van der Waals surface area contributed by atoms with Gasteiger partial charge in [0.2, 0.25) is 4.96 Å². The van der Waals surface area contributed by atoms with E-state index < -0.39 is 11.4 Å². The standard InChI is InChI=1S/C26H26N4O6S2/c1-15-29-30-12-19(28-24(30)38-15)22-11-18-20(9-17(32-2)10-21(18)36-22)33-13-16-14-37-23(27-16)25(31)3-5-26(6-4-25)34-7-8-35-26/h9-12,14,31H,3-8,13H2,1-2H3. The fraction of sp³-hybridized carbons (Fsp3) is 0.423. The second kappa shape index (κ2) is 9.02. The van der Waals surface area contributed by atoms with Crippen molar-refractivity contribution in [3.05, 3.63) is 45.5 Å². The molecule has 0 atom stereocenters. The van der Waals surface area contributed by atoms with Crippen molar-refractivity contribution in [2.45, 2.75) is 50.6 Å². The maximum absolute atomic E-state index is 11.3. The normalized spacial score (nSPS) is 18.6. The van der Waals surface area contributed by atoms with Crippen molar-refractivity contribution in [3.63, 3.8) is 0 Å². The van der Waals surface area contributed by atoms with Gasteiger partial charge in [0, 0.05) is 30.4 Å². The number of aliphatic hydroxyl groups is 1. The molecule has 1 saturated carbocycles. The van der Waals surface area contributed by atoms with Crippen molar-refractivity contribution in [3.8, 4) is 23.0 Å². The van der Waals surface area contributed by atoms with Crippen molar-refractivity contribution in [2.75, 3.05) is 20.3 Å². The summed E-state index contributed by atoms with van der Waals surface area (Å²) in [6, 6.07) is 5.58. The Morgan fingerprint density at radius 1 is 1.11 bits per heavy atom.